The molecule has 204 valence electrons. The highest BCUT2D eigenvalue weighted by Gasteiger charge is 2.45. The summed E-state index contributed by atoms with van der Waals surface area (Å²) in [7, 11) is 1.58. The van der Waals surface area contributed by atoms with Gasteiger partial charge in [0.25, 0.3) is 0 Å². The number of aromatic nitrogens is 4. The van der Waals surface area contributed by atoms with Gasteiger partial charge in [0.15, 0.2) is 11.9 Å². The summed E-state index contributed by atoms with van der Waals surface area (Å²) in [6.45, 7) is 8.35. The highest BCUT2D eigenvalue weighted by Crippen LogP contribution is 2.32. The monoisotopic (exact) mass is 525 g/mol. The predicted octanol–water partition coefficient (Wildman–Crippen LogP) is 1.72. The normalized spacial score (nSPS) is 21.4. The van der Waals surface area contributed by atoms with Crippen molar-refractivity contribution >= 4 is 28.8 Å². The number of fused-ring (bicyclic) bond motifs is 1. The molecule has 0 radical (unpaired) electrons. The topological polar surface area (TPSA) is 155 Å². The van der Waals surface area contributed by atoms with Gasteiger partial charge in [-0.15, -0.1) is 0 Å². The van der Waals surface area contributed by atoms with E-state index in [4.69, 9.17) is 4.74 Å². The number of rotatable bonds is 7. The van der Waals surface area contributed by atoms with E-state index in [1.54, 1.807) is 18.5 Å². The van der Waals surface area contributed by atoms with Crippen LogP contribution in [0.5, 0.6) is 0 Å². The molecule has 12 nitrogen and oxygen atoms in total. The number of carbonyl (C=O) groups is 2. The number of imidazole rings is 1. The van der Waals surface area contributed by atoms with Crippen molar-refractivity contribution < 1.29 is 24.5 Å². The van der Waals surface area contributed by atoms with Crippen LogP contribution < -0.4 is 10.6 Å². The Morgan fingerprint density at radius 3 is 2.50 bits per heavy atom. The average Bonchev–Trinajstić information content (AvgIpc) is 3.41. The largest absolute Gasteiger partial charge is 0.387 e. The summed E-state index contributed by atoms with van der Waals surface area (Å²) in [4.78, 5) is 38.9. The van der Waals surface area contributed by atoms with Gasteiger partial charge in [0.1, 0.15) is 30.2 Å². The van der Waals surface area contributed by atoms with Crippen LogP contribution >= 0.6 is 0 Å². The van der Waals surface area contributed by atoms with Gasteiger partial charge < -0.3 is 30.5 Å². The van der Waals surface area contributed by atoms with Gasteiger partial charge in [0.05, 0.1) is 12.0 Å². The van der Waals surface area contributed by atoms with Crippen molar-refractivity contribution in [3.8, 4) is 0 Å². The molecule has 1 saturated heterocycles. The number of urea groups is 1. The second kappa shape index (κ2) is 11.0. The number of likely N-dealkylation sites (N-methyl/N-ethyl adjacent to an activating group) is 1. The lowest BCUT2D eigenvalue weighted by molar-refractivity contribution is -0.132. The Labute approximate surface area is 221 Å². The number of nitrogens with zero attached hydrogens (tertiary/aromatic N) is 5. The number of carbonyl (C=O) groups excluding carboxylic acids is 2. The summed E-state index contributed by atoms with van der Waals surface area (Å²) in [5.41, 5.74) is 3.58. The van der Waals surface area contributed by atoms with E-state index in [2.05, 4.69) is 46.4 Å². The zero-order chi connectivity index (χ0) is 27.6. The molecule has 38 heavy (non-hydrogen) atoms. The summed E-state index contributed by atoms with van der Waals surface area (Å²) < 4.78 is 7.48. The zero-order valence-corrected chi connectivity index (χ0v) is 22.3. The summed E-state index contributed by atoms with van der Waals surface area (Å²) in [5, 5.41) is 26.7. The van der Waals surface area contributed by atoms with Crippen LogP contribution in [-0.2, 0) is 14.9 Å². The summed E-state index contributed by atoms with van der Waals surface area (Å²) >= 11 is 0. The molecule has 12 heteroatoms. The van der Waals surface area contributed by atoms with Gasteiger partial charge in [-0.25, -0.2) is 19.7 Å². The van der Waals surface area contributed by atoms with Crippen molar-refractivity contribution in [1.29, 1.82) is 0 Å². The molecule has 0 saturated carbocycles. The van der Waals surface area contributed by atoms with E-state index in [1.807, 2.05) is 24.3 Å². The highest BCUT2D eigenvalue weighted by atomic mass is 16.6. The third-order valence-electron chi connectivity index (χ3n) is 6.67. The van der Waals surface area contributed by atoms with E-state index in [1.165, 1.54) is 17.6 Å². The fourth-order valence-electron chi connectivity index (χ4n) is 4.34. The van der Waals surface area contributed by atoms with E-state index < -0.39 is 30.6 Å². The van der Waals surface area contributed by atoms with Crippen molar-refractivity contribution in [2.75, 3.05) is 25.5 Å². The molecule has 1 fully saturated rings. The summed E-state index contributed by atoms with van der Waals surface area (Å²) in [6, 6.07) is 7.22. The Balaban J connectivity index is 1.25. The number of hydrogen-bond donors (Lipinski definition) is 4. The number of amides is 3. The molecule has 4 N–H and O–H groups in total. The summed E-state index contributed by atoms with van der Waals surface area (Å²) in [6.07, 6.45) is -1.25. The van der Waals surface area contributed by atoms with Crippen LogP contribution in [0.2, 0.25) is 0 Å². The van der Waals surface area contributed by atoms with Crippen molar-refractivity contribution in [2.45, 2.75) is 64.1 Å². The Bertz CT molecular complexity index is 1290. The molecular formula is C26H35N7O5. The Morgan fingerprint density at radius 1 is 1.11 bits per heavy atom. The molecule has 1 aromatic carbocycles. The lowest BCUT2D eigenvalue weighted by Crippen LogP contribution is -2.41. The fraction of sp³-hybridized carbons (Fsp3) is 0.500. The van der Waals surface area contributed by atoms with Crippen molar-refractivity contribution in [3.63, 3.8) is 0 Å². The number of aryl methyl sites for hydroxylation is 1. The number of nitrogens with one attached hydrogen (secondary N) is 2. The molecule has 3 heterocycles. The van der Waals surface area contributed by atoms with Gasteiger partial charge in [-0.2, -0.15) is 0 Å². The second-order valence-corrected chi connectivity index (χ2v) is 10.6. The van der Waals surface area contributed by atoms with Crippen LogP contribution in [0.25, 0.3) is 11.2 Å². The lowest BCUT2D eigenvalue weighted by Gasteiger charge is -2.23. The molecule has 0 unspecified atom stereocenters. The minimum absolute atomic E-state index is 0.0215. The molecule has 3 aromatic rings. The Hall–Kier alpha value is -3.61. The van der Waals surface area contributed by atoms with E-state index >= 15 is 0 Å². The SMILES string of the molecule is Cc1ncnc2c1ncn2[C@@H]1O[C@H](CN(C)C(=O)CCNC(=O)Nc2ccc(C(C)(C)C)cc2)[C@@H](O)[C@H]1O. The molecule has 2 aromatic heterocycles. The van der Waals surface area contributed by atoms with E-state index in [-0.39, 0.29) is 30.8 Å². The van der Waals surface area contributed by atoms with Gasteiger partial charge in [-0.1, -0.05) is 32.9 Å². The Kier molecular flexibility index (Phi) is 7.95. The number of benzene rings is 1. The molecule has 4 atom stereocenters. The maximum Gasteiger partial charge on any atom is 0.319 e. The first kappa shape index (κ1) is 27.4. The van der Waals surface area contributed by atoms with Crippen LogP contribution in [-0.4, -0.2) is 85.0 Å². The van der Waals surface area contributed by atoms with Crippen LogP contribution in [0.1, 0.15) is 44.7 Å². The van der Waals surface area contributed by atoms with Gasteiger partial charge in [0, 0.05) is 32.2 Å². The van der Waals surface area contributed by atoms with Crippen LogP contribution in [0.15, 0.2) is 36.9 Å². The van der Waals surface area contributed by atoms with Gasteiger partial charge >= 0.3 is 6.03 Å². The molecule has 1 aliphatic rings. The third-order valence-corrected chi connectivity index (χ3v) is 6.67. The fourth-order valence-corrected chi connectivity index (χ4v) is 4.34. The van der Waals surface area contributed by atoms with Crippen molar-refractivity contribution in [3.05, 3.63) is 48.2 Å². The first-order valence-corrected chi connectivity index (χ1v) is 12.5. The highest BCUT2D eigenvalue weighted by molar-refractivity contribution is 5.89. The average molecular weight is 526 g/mol. The molecule has 0 bridgehead atoms. The van der Waals surface area contributed by atoms with E-state index in [0.29, 0.717) is 22.5 Å². The molecule has 0 aliphatic carbocycles. The van der Waals surface area contributed by atoms with Crippen LogP contribution in [0.4, 0.5) is 10.5 Å². The lowest BCUT2D eigenvalue weighted by atomic mass is 9.87. The molecule has 1 aliphatic heterocycles. The zero-order valence-electron chi connectivity index (χ0n) is 22.3. The number of anilines is 1. The van der Waals surface area contributed by atoms with Crippen molar-refractivity contribution in [2.24, 2.45) is 0 Å². The van der Waals surface area contributed by atoms with Gasteiger partial charge in [-0.05, 0) is 30.0 Å². The number of aliphatic hydroxyl groups excluding tert-OH is 2. The second-order valence-electron chi connectivity index (χ2n) is 10.6. The maximum absolute atomic E-state index is 12.6. The predicted molar refractivity (Wildman–Crippen MR) is 140 cm³/mol. The van der Waals surface area contributed by atoms with Crippen molar-refractivity contribution in [1.82, 2.24) is 29.7 Å². The van der Waals surface area contributed by atoms with Crippen LogP contribution in [0, 0.1) is 6.92 Å². The first-order valence-electron chi connectivity index (χ1n) is 12.5. The number of aliphatic hydroxyl groups is 2. The third kappa shape index (κ3) is 5.93. The van der Waals surface area contributed by atoms with Gasteiger partial charge in [0.2, 0.25) is 5.91 Å². The first-order chi connectivity index (χ1) is 18.0. The van der Waals surface area contributed by atoms with E-state index in [0.717, 1.165) is 5.56 Å². The smallest absolute Gasteiger partial charge is 0.319 e. The van der Waals surface area contributed by atoms with Crippen LogP contribution in [0.3, 0.4) is 0 Å². The standard InChI is InChI=1S/C26H35N7O5/c1-15-20-23(29-13-28-15)33(14-30-20)24-22(36)21(35)18(38-24)12-32(5)19(34)10-11-27-25(37)31-17-8-6-16(7-9-17)26(2,3)4/h6-9,13-14,18,21-22,24,35-36H,10-12H2,1-5H3,(H2,27,31,37)/t18-,21-,22-,24-/m1/s1. The van der Waals surface area contributed by atoms with Gasteiger partial charge in [-0.3, -0.25) is 9.36 Å². The maximum atomic E-state index is 12.6. The number of hydrogen-bond acceptors (Lipinski definition) is 8. The quantitative estimate of drug-likeness (QED) is 0.364. The summed E-state index contributed by atoms with van der Waals surface area (Å²) in [5.74, 6) is -0.245. The molecular weight excluding hydrogens is 490 g/mol. The number of ether oxygens (including phenoxy) is 1. The molecule has 3 amide bonds. The molecule has 0 spiro atoms. The molecule has 4 rings (SSSR count). The Morgan fingerprint density at radius 2 is 1.82 bits per heavy atom. The van der Waals surface area contributed by atoms with E-state index in [9.17, 15) is 19.8 Å². The minimum Gasteiger partial charge on any atom is -0.387 e. The minimum atomic E-state index is -1.24.